The first-order valence-electron chi connectivity index (χ1n) is 6.50. The Labute approximate surface area is 118 Å². The van der Waals surface area contributed by atoms with Crippen molar-refractivity contribution in [3.63, 3.8) is 0 Å². The maximum absolute atomic E-state index is 5.94. The van der Waals surface area contributed by atoms with Crippen molar-refractivity contribution in [2.24, 2.45) is 5.73 Å². The molecule has 100 valence electrons. The van der Waals surface area contributed by atoms with Crippen LogP contribution in [0, 0.1) is 0 Å². The van der Waals surface area contributed by atoms with Gasteiger partial charge in [0, 0.05) is 35.2 Å². The molecule has 1 aromatic rings. The fraction of sp³-hybridized carbons (Fsp3) is 0.692. The Morgan fingerprint density at radius 2 is 2.00 bits per heavy atom. The molecule has 1 aliphatic rings. The third-order valence-electron chi connectivity index (χ3n) is 3.19. The number of nitrogens with zero attached hydrogens (tertiary/aromatic N) is 2. The van der Waals surface area contributed by atoms with E-state index >= 15 is 0 Å². The normalized spacial score (nSPS) is 25.9. The fourth-order valence-corrected chi connectivity index (χ4v) is 4.69. The van der Waals surface area contributed by atoms with Gasteiger partial charge in [-0.05, 0) is 18.4 Å². The molecule has 0 aromatic carbocycles. The third-order valence-corrected chi connectivity index (χ3v) is 6.28. The summed E-state index contributed by atoms with van der Waals surface area (Å²) < 4.78 is 0. The van der Waals surface area contributed by atoms with Gasteiger partial charge in [0.1, 0.15) is 5.82 Å². The van der Waals surface area contributed by atoms with Crippen molar-refractivity contribution in [1.29, 1.82) is 0 Å². The molecule has 0 spiro atoms. The summed E-state index contributed by atoms with van der Waals surface area (Å²) in [5, 5.41) is 1.05. The second kappa shape index (κ2) is 6.78. The van der Waals surface area contributed by atoms with Gasteiger partial charge in [0.25, 0.3) is 0 Å². The van der Waals surface area contributed by atoms with Gasteiger partial charge in [-0.25, -0.2) is 9.97 Å². The maximum atomic E-state index is 5.94. The minimum Gasteiger partial charge on any atom is -0.327 e. The highest BCUT2D eigenvalue weighted by molar-refractivity contribution is 8.06. The summed E-state index contributed by atoms with van der Waals surface area (Å²) >= 11 is 4.00. The molecule has 1 aliphatic heterocycles. The summed E-state index contributed by atoms with van der Waals surface area (Å²) in [6.07, 6.45) is 5.77. The van der Waals surface area contributed by atoms with Crippen LogP contribution in [-0.4, -0.2) is 32.8 Å². The van der Waals surface area contributed by atoms with E-state index in [1.165, 1.54) is 11.5 Å². The molecule has 1 aromatic heterocycles. The highest BCUT2D eigenvalue weighted by Gasteiger charge is 2.26. The standard InChI is InChI=1S/C13H21N3S2/c1-3-11(14)6-10-7-15-13(16-8-10)12-9(2)17-4-5-18-12/h7-9,11-12H,3-6,14H2,1-2H3. The Hall–Kier alpha value is -0.260. The van der Waals surface area contributed by atoms with Gasteiger partial charge in [-0.2, -0.15) is 11.8 Å². The molecule has 0 saturated carbocycles. The average Bonchev–Trinajstić information content (AvgIpc) is 2.40. The molecule has 2 heterocycles. The van der Waals surface area contributed by atoms with E-state index in [9.17, 15) is 0 Å². The Morgan fingerprint density at radius 3 is 2.61 bits per heavy atom. The number of thioether (sulfide) groups is 2. The summed E-state index contributed by atoms with van der Waals surface area (Å²) in [4.78, 5) is 9.08. The van der Waals surface area contributed by atoms with Crippen molar-refractivity contribution in [2.45, 2.75) is 43.2 Å². The fourth-order valence-electron chi connectivity index (χ4n) is 1.98. The Morgan fingerprint density at radius 1 is 1.33 bits per heavy atom. The number of nitrogens with two attached hydrogens (primary N) is 1. The van der Waals surface area contributed by atoms with Gasteiger partial charge < -0.3 is 5.73 Å². The smallest absolute Gasteiger partial charge is 0.142 e. The highest BCUT2D eigenvalue weighted by atomic mass is 32.2. The maximum Gasteiger partial charge on any atom is 0.142 e. The van der Waals surface area contributed by atoms with Gasteiger partial charge in [-0.3, -0.25) is 0 Å². The Balaban J connectivity index is 2.02. The van der Waals surface area contributed by atoms with Crippen LogP contribution in [0.5, 0.6) is 0 Å². The molecule has 0 amide bonds. The molecule has 2 N–H and O–H groups in total. The van der Waals surface area contributed by atoms with Crippen LogP contribution in [-0.2, 0) is 6.42 Å². The highest BCUT2D eigenvalue weighted by Crippen LogP contribution is 2.40. The first kappa shape index (κ1) is 14.2. The topological polar surface area (TPSA) is 51.8 Å². The zero-order valence-corrected chi connectivity index (χ0v) is 12.6. The SMILES string of the molecule is CCC(N)Cc1cnc(C2SCCSC2C)nc1. The lowest BCUT2D eigenvalue weighted by Crippen LogP contribution is -2.22. The van der Waals surface area contributed by atoms with E-state index in [4.69, 9.17) is 5.73 Å². The lowest BCUT2D eigenvalue weighted by Gasteiger charge is -2.26. The summed E-state index contributed by atoms with van der Waals surface area (Å²) in [6, 6.07) is 0.220. The summed E-state index contributed by atoms with van der Waals surface area (Å²) in [5.41, 5.74) is 7.09. The van der Waals surface area contributed by atoms with E-state index in [-0.39, 0.29) is 6.04 Å². The average molecular weight is 283 g/mol. The Kier molecular flexibility index (Phi) is 5.33. The van der Waals surface area contributed by atoms with Gasteiger partial charge >= 0.3 is 0 Å². The van der Waals surface area contributed by atoms with Crippen LogP contribution in [0.1, 0.15) is 36.9 Å². The van der Waals surface area contributed by atoms with Crippen molar-refractivity contribution >= 4 is 23.5 Å². The molecule has 18 heavy (non-hydrogen) atoms. The molecule has 0 bridgehead atoms. The van der Waals surface area contributed by atoms with Crippen LogP contribution in [0.25, 0.3) is 0 Å². The van der Waals surface area contributed by atoms with E-state index in [1.807, 2.05) is 35.9 Å². The van der Waals surface area contributed by atoms with Crippen LogP contribution < -0.4 is 5.73 Å². The van der Waals surface area contributed by atoms with Crippen molar-refractivity contribution < 1.29 is 0 Å². The largest absolute Gasteiger partial charge is 0.327 e. The van der Waals surface area contributed by atoms with Crippen molar-refractivity contribution in [3.8, 4) is 0 Å². The van der Waals surface area contributed by atoms with E-state index in [0.29, 0.717) is 10.5 Å². The van der Waals surface area contributed by atoms with Crippen molar-refractivity contribution in [2.75, 3.05) is 11.5 Å². The van der Waals surface area contributed by atoms with Gasteiger partial charge in [0.15, 0.2) is 0 Å². The van der Waals surface area contributed by atoms with Crippen LogP contribution >= 0.6 is 23.5 Å². The van der Waals surface area contributed by atoms with Crippen molar-refractivity contribution in [3.05, 3.63) is 23.8 Å². The second-order valence-corrected chi connectivity index (χ2v) is 7.42. The Bertz CT molecular complexity index is 369. The lowest BCUT2D eigenvalue weighted by atomic mass is 10.1. The number of hydrogen-bond donors (Lipinski definition) is 1. The van der Waals surface area contributed by atoms with Gasteiger partial charge in [-0.1, -0.05) is 13.8 Å². The predicted octanol–water partition coefficient (Wildman–Crippen LogP) is 2.67. The van der Waals surface area contributed by atoms with Gasteiger partial charge in [0.2, 0.25) is 0 Å². The molecule has 2 rings (SSSR count). The van der Waals surface area contributed by atoms with Crippen LogP contribution in [0.3, 0.4) is 0 Å². The first-order chi connectivity index (χ1) is 8.70. The molecule has 3 nitrogen and oxygen atoms in total. The van der Waals surface area contributed by atoms with E-state index in [2.05, 4.69) is 23.8 Å². The van der Waals surface area contributed by atoms with E-state index in [1.54, 1.807) is 0 Å². The lowest BCUT2D eigenvalue weighted by molar-refractivity contribution is 0.641. The molecular formula is C13H21N3S2. The first-order valence-corrected chi connectivity index (χ1v) is 8.60. The molecule has 5 heteroatoms. The molecule has 3 unspecified atom stereocenters. The molecule has 0 aliphatic carbocycles. The van der Waals surface area contributed by atoms with E-state index in [0.717, 1.165) is 24.2 Å². The monoisotopic (exact) mass is 283 g/mol. The summed E-state index contributed by atoms with van der Waals surface area (Å²) in [6.45, 7) is 4.38. The zero-order valence-electron chi connectivity index (χ0n) is 11.0. The minimum absolute atomic E-state index is 0.220. The minimum atomic E-state index is 0.220. The summed E-state index contributed by atoms with van der Waals surface area (Å²) in [5.74, 6) is 3.42. The van der Waals surface area contributed by atoms with Crippen LogP contribution in [0.15, 0.2) is 12.4 Å². The number of rotatable bonds is 4. The number of aromatic nitrogens is 2. The summed E-state index contributed by atoms with van der Waals surface area (Å²) in [7, 11) is 0. The van der Waals surface area contributed by atoms with E-state index < -0.39 is 0 Å². The van der Waals surface area contributed by atoms with Crippen LogP contribution in [0.2, 0.25) is 0 Å². The quantitative estimate of drug-likeness (QED) is 0.920. The van der Waals surface area contributed by atoms with Crippen molar-refractivity contribution in [1.82, 2.24) is 9.97 Å². The molecule has 0 radical (unpaired) electrons. The molecular weight excluding hydrogens is 262 g/mol. The second-order valence-electron chi connectivity index (χ2n) is 4.69. The zero-order chi connectivity index (χ0) is 13.0. The van der Waals surface area contributed by atoms with Crippen LogP contribution in [0.4, 0.5) is 0 Å². The molecule has 1 saturated heterocycles. The van der Waals surface area contributed by atoms with Gasteiger partial charge in [-0.15, -0.1) is 11.8 Å². The predicted molar refractivity (Wildman–Crippen MR) is 81.1 cm³/mol. The number of hydrogen-bond acceptors (Lipinski definition) is 5. The molecule has 1 fully saturated rings. The van der Waals surface area contributed by atoms with Gasteiger partial charge in [0.05, 0.1) is 5.25 Å². The molecule has 3 atom stereocenters. The third kappa shape index (κ3) is 3.62.